The molecule has 3 aromatic rings. The predicted octanol–water partition coefficient (Wildman–Crippen LogP) is 2.40. The number of fused-ring (bicyclic) bond motifs is 2. The molecular formula is C30H38N10O2. The second-order valence-electron chi connectivity index (χ2n) is 11.2. The number of likely N-dealkylation sites (N-methyl/N-ethyl adjacent to an activating group) is 1. The van der Waals surface area contributed by atoms with Crippen LogP contribution in [0.1, 0.15) is 34.8 Å². The minimum Gasteiger partial charge on any atom is -0.354 e. The summed E-state index contributed by atoms with van der Waals surface area (Å²) < 4.78 is 0. The topological polar surface area (TPSA) is 118 Å². The standard InChI is InChI=1S/C30H38N10O2/c1-7-26(41)40-13-12-39(17-20(40)15-31-3)29-22-18-38(6)25(28-19(2)8-9-23-21(28)16-33-36-23)14-24(22)34-30(35-29)32-11-10-27(42)37(4)5/h7-9,16,20,25H,1,10-15,17-18H2,2,4-6H3,(H,33,36)(H,32,34,35)/t20-,25?/m0/s1. The van der Waals surface area contributed by atoms with Crippen LogP contribution in [0, 0.1) is 13.5 Å². The van der Waals surface area contributed by atoms with Crippen molar-refractivity contribution < 1.29 is 9.59 Å². The molecular weight excluding hydrogens is 532 g/mol. The smallest absolute Gasteiger partial charge is 0.246 e. The van der Waals surface area contributed by atoms with E-state index in [0.29, 0.717) is 51.5 Å². The van der Waals surface area contributed by atoms with E-state index in [1.165, 1.54) is 17.2 Å². The van der Waals surface area contributed by atoms with Crippen molar-refractivity contribution in [3.63, 3.8) is 0 Å². The average molecular weight is 571 g/mol. The largest absolute Gasteiger partial charge is 0.354 e. The summed E-state index contributed by atoms with van der Waals surface area (Å²) in [5.41, 5.74) is 5.43. The van der Waals surface area contributed by atoms with Gasteiger partial charge in [-0.15, -0.1) is 0 Å². The number of hydrogen-bond donors (Lipinski definition) is 2. The van der Waals surface area contributed by atoms with E-state index in [-0.39, 0.29) is 30.4 Å². The van der Waals surface area contributed by atoms with Gasteiger partial charge in [-0.05, 0) is 37.2 Å². The quantitative estimate of drug-likeness (QED) is 0.313. The third-order valence-corrected chi connectivity index (χ3v) is 8.28. The van der Waals surface area contributed by atoms with E-state index in [0.717, 1.165) is 28.0 Å². The Morgan fingerprint density at radius 3 is 2.83 bits per heavy atom. The van der Waals surface area contributed by atoms with Crippen LogP contribution in [-0.4, -0.2) is 107 Å². The van der Waals surface area contributed by atoms with Crippen molar-refractivity contribution in [1.82, 2.24) is 34.9 Å². The van der Waals surface area contributed by atoms with Gasteiger partial charge < -0.3 is 24.9 Å². The number of rotatable bonds is 8. The third-order valence-electron chi connectivity index (χ3n) is 8.28. The second-order valence-corrected chi connectivity index (χ2v) is 11.2. The molecule has 0 saturated carbocycles. The zero-order valence-corrected chi connectivity index (χ0v) is 24.7. The van der Waals surface area contributed by atoms with E-state index in [2.05, 4.69) is 62.8 Å². The normalized spacial score (nSPS) is 18.8. The number of hydrogen-bond acceptors (Lipinski definition) is 8. The molecule has 0 bridgehead atoms. The average Bonchev–Trinajstić information content (AvgIpc) is 3.45. The molecule has 12 heteroatoms. The van der Waals surface area contributed by atoms with Crippen LogP contribution in [0.15, 0.2) is 31.0 Å². The molecule has 2 aliphatic rings. The minimum absolute atomic E-state index is 0.0241. The highest BCUT2D eigenvalue weighted by molar-refractivity contribution is 5.87. The maximum absolute atomic E-state index is 12.5. The second kappa shape index (κ2) is 12.2. The highest BCUT2D eigenvalue weighted by Gasteiger charge is 2.36. The summed E-state index contributed by atoms with van der Waals surface area (Å²) in [6.45, 7) is 16.1. The van der Waals surface area contributed by atoms with Gasteiger partial charge in [0.25, 0.3) is 0 Å². The van der Waals surface area contributed by atoms with Crippen LogP contribution >= 0.6 is 0 Å². The molecule has 1 aromatic carbocycles. The lowest BCUT2D eigenvalue weighted by molar-refractivity contribution is -0.129. The Bertz CT molecular complexity index is 1540. The molecule has 0 spiro atoms. The summed E-state index contributed by atoms with van der Waals surface area (Å²) in [7, 11) is 5.61. The summed E-state index contributed by atoms with van der Waals surface area (Å²) in [4.78, 5) is 46.1. The zero-order valence-electron chi connectivity index (χ0n) is 24.7. The van der Waals surface area contributed by atoms with Crippen LogP contribution in [0.2, 0.25) is 0 Å². The fourth-order valence-corrected chi connectivity index (χ4v) is 6.02. The summed E-state index contributed by atoms with van der Waals surface area (Å²) in [5, 5.41) is 11.8. The minimum atomic E-state index is -0.267. The summed E-state index contributed by atoms with van der Waals surface area (Å²) >= 11 is 0. The maximum Gasteiger partial charge on any atom is 0.246 e. The molecule has 1 fully saturated rings. The summed E-state index contributed by atoms with van der Waals surface area (Å²) in [6.07, 6.45) is 4.21. The first-order valence-corrected chi connectivity index (χ1v) is 14.2. The first kappa shape index (κ1) is 29.0. The van der Waals surface area contributed by atoms with Gasteiger partial charge in [-0.3, -0.25) is 19.6 Å². The number of nitrogens with one attached hydrogen (secondary N) is 2. The highest BCUT2D eigenvalue weighted by atomic mass is 16.2. The number of aromatic amines is 1. The summed E-state index contributed by atoms with van der Waals surface area (Å²) in [6, 6.07) is 4.01. The molecule has 0 radical (unpaired) electrons. The molecule has 2 N–H and O–H groups in total. The van der Waals surface area contributed by atoms with Crippen molar-refractivity contribution in [3.8, 4) is 0 Å². The number of benzene rings is 1. The van der Waals surface area contributed by atoms with Gasteiger partial charge >= 0.3 is 0 Å². The summed E-state index contributed by atoms with van der Waals surface area (Å²) in [5.74, 6) is 1.15. The number of aromatic nitrogens is 4. The van der Waals surface area contributed by atoms with E-state index in [4.69, 9.17) is 16.5 Å². The number of H-pyrrole nitrogens is 1. The monoisotopic (exact) mass is 570 g/mol. The van der Waals surface area contributed by atoms with Gasteiger partial charge in [-0.2, -0.15) is 10.1 Å². The van der Waals surface area contributed by atoms with Crippen LogP contribution in [0.25, 0.3) is 15.7 Å². The Morgan fingerprint density at radius 1 is 1.29 bits per heavy atom. The fraction of sp³-hybridized carbons (Fsp3) is 0.467. The van der Waals surface area contributed by atoms with Crippen molar-refractivity contribution in [2.24, 2.45) is 0 Å². The van der Waals surface area contributed by atoms with Crippen LogP contribution in [-0.2, 0) is 22.6 Å². The number of anilines is 2. The molecule has 220 valence electrons. The molecule has 2 aliphatic heterocycles. The van der Waals surface area contributed by atoms with Crippen LogP contribution in [0.5, 0.6) is 0 Å². The molecule has 5 rings (SSSR count). The zero-order chi connectivity index (χ0) is 30.0. The molecule has 2 amide bonds. The Balaban J connectivity index is 1.51. The Kier molecular flexibility index (Phi) is 8.40. The Hall–Kier alpha value is -4.50. The van der Waals surface area contributed by atoms with E-state index < -0.39 is 0 Å². The number of aryl methyl sites for hydroxylation is 1. The molecule has 0 aliphatic carbocycles. The van der Waals surface area contributed by atoms with Crippen molar-refractivity contribution in [2.45, 2.75) is 38.4 Å². The maximum atomic E-state index is 12.5. The highest BCUT2D eigenvalue weighted by Crippen LogP contribution is 2.39. The van der Waals surface area contributed by atoms with Crippen LogP contribution in [0.3, 0.4) is 0 Å². The first-order valence-electron chi connectivity index (χ1n) is 14.2. The van der Waals surface area contributed by atoms with Gasteiger partial charge in [0.05, 0.1) is 17.4 Å². The molecule has 1 saturated heterocycles. The van der Waals surface area contributed by atoms with Gasteiger partial charge in [0.2, 0.25) is 24.3 Å². The lowest BCUT2D eigenvalue weighted by atomic mass is 9.89. The van der Waals surface area contributed by atoms with Gasteiger partial charge in [-0.1, -0.05) is 12.6 Å². The predicted molar refractivity (Wildman–Crippen MR) is 162 cm³/mol. The first-order chi connectivity index (χ1) is 20.2. The van der Waals surface area contributed by atoms with E-state index in [9.17, 15) is 9.59 Å². The molecule has 4 heterocycles. The van der Waals surface area contributed by atoms with E-state index in [1.54, 1.807) is 23.9 Å². The molecule has 1 unspecified atom stereocenters. The van der Waals surface area contributed by atoms with E-state index >= 15 is 0 Å². The van der Waals surface area contributed by atoms with Crippen molar-refractivity contribution in [2.75, 3.05) is 64.1 Å². The molecule has 12 nitrogen and oxygen atoms in total. The third kappa shape index (κ3) is 5.65. The molecule has 42 heavy (non-hydrogen) atoms. The molecule has 2 atom stereocenters. The Labute approximate surface area is 246 Å². The van der Waals surface area contributed by atoms with Crippen LogP contribution < -0.4 is 10.2 Å². The van der Waals surface area contributed by atoms with E-state index in [1.807, 2.05) is 6.20 Å². The van der Waals surface area contributed by atoms with Crippen molar-refractivity contribution in [3.05, 3.63) is 64.8 Å². The lowest BCUT2D eigenvalue weighted by Crippen LogP contribution is -2.56. The number of carbonyl (C=O) groups excluding carboxylic acids is 2. The van der Waals surface area contributed by atoms with Crippen LogP contribution in [0.4, 0.5) is 11.8 Å². The Morgan fingerprint density at radius 2 is 2.10 bits per heavy atom. The van der Waals surface area contributed by atoms with Gasteiger partial charge in [-0.25, -0.2) is 11.6 Å². The number of nitrogens with zero attached hydrogens (tertiary/aromatic N) is 8. The van der Waals surface area contributed by atoms with Gasteiger partial charge in [0.15, 0.2) is 0 Å². The number of piperazine rings is 1. The number of amides is 2. The van der Waals surface area contributed by atoms with Crippen molar-refractivity contribution in [1.29, 1.82) is 0 Å². The van der Waals surface area contributed by atoms with Crippen molar-refractivity contribution >= 4 is 34.5 Å². The molecule has 2 aromatic heterocycles. The SMILES string of the molecule is [C-]#[N+]C[C@H]1CN(c2nc(NCCC(=O)N(C)C)nc3c2CN(C)C(c2c(C)ccc4[nH]ncc24)C3)CCN1C(=O)C=C. The van der Waals surface area contributed by atoms with Gasteiger partial charge in [0, 0.05) is 76.7 Å². The number of carbonyl (C=O) groups is 2. The fourth-order valence-electron chi connectivity index (χ4n) is 6.02. The lowest BCUT2D eigenvalue weighted by Gasteiger charge is -2.42. The van der Waals surface area contributed by atoms with Gasteiger partial charge in [0.1, 0.15) is 11.9 Å².